The molecule has 3 atom stereocenters. The van der Waals surface area contributed by atoms with Crippen molar-refractivity contribution in [2.24, 2.45) is 11.8 Å². The second-order valence-corrected chi connectivity index (χ2v) is 7.14. The summed E-state index contributed by atoms with van der Waals surface area (Å²) in [6.45, 7) is 2.98. The maximum atomic E-state index is 12.3. The van der Waals surface area contributed by atoms with Crippen molar-refractivity contribution >= 4 is 39.8 Å². The van der Waals surface area contributed by atoms with E-state index >= 15 is 0 Å². The molecule has 2 aromatic rings. The van der Waals surface area contributed by atoms with Gasteiger partial charge < -0.3 is 21.3 Å². The van der Waals surface area contributed by atoms with Gasteiger partial charge in [-0.25, -0.2) is 4.98 Å². The Morgan fingerprint density at radius 2 is 2.26 bits per heavy atom. The second-order valence-electron chi connectivity index (χ2n) is 7.14. The number of hydrogen-bond donors (Lipinski definition) is 3. The Morgan fingerprint density at radius 1 is 1.44 bits per heavy atom. The molecule has 0 bridgehead atoms. The SMILES string of the molecule is C[C@H]1CNCC(=O)N1c1cc(N)c2cnc(NC(=O)[C@@H]3C[C@H]3C#N)cc2c1. The predicted molar refractivity (Wildman–Crippen MR) is 102 cm³/mol. The molecule has 0 unspecified atom stereocenters. The van der Waals surface area contributed by atoms with E-state index in [-0.39, 0.29) is 29.7 Å². The summed E-state index contributed by atoms with van der Waals surface area (Å²) in [7, 11) is 0. The molecule has 1 aliphatic carbocycles. The maximum absolute atomic E-state index is 12.3. The molecule has 1 aromatic carbocycles. The van der Waals surface area contributed by atoms with Crippen LogP contribution in [0.4, 0.5) is 17.2 Å². The van der Waals surface area contributed by atoms with E-state index in [1.54, 1.807) is 23.2 Å². The molecule has 2 amide bonds. The first kappa shape index (κ1) is 17.2. The Labute approximate surface area is 156 Å². The lowest BCUT2D eigenvalue weighted by Crippen LogP contribution is -2.53. The number of carbonyl (C=O) groups is 2. The van der Waals surface area contributed by atoms with Crippen LogP contribution in [0.25, 0.3) is 10.8 Å². The van der Waals surface area contributed by atoms with Gasteiger partial charge in [0.05, 0.1) is 24.4 Å². The van der Waals surface area contributed by atoms with Crippen molar-refractivity contribution in [3.63, 3.8) is 0 Å². The molecule has 8 nitrogen and oxygen atoms in total. The third kappa shape index (κ3) is 3.17. The summed E-state index contributed by atoms with van der Waals surface area (Å²) in [5.74, 6) is -0.252. The van der Waals surface area contributed by atoms with Crippen LogP contribution in [0, 0.1) is 23.2 Å². The van der Waals surface area contributed by atoms with E-state index < -0.39 is 0 Å². The first-order valence-corrected chi connectivity index (χ1v) is 8.90. The van der Waals surface area contributed by atoms with Crippen molar-refractivity contribution in [2.75, 3.05) is 29.0 Å². The smallest absolute Gasteiger partial charge is 0.241 e. The van der Waals surface area contributed by atoms with Gasteiger partial charge in [0.15, 0.2) is 0 Å². The first-order valence-electron chi connectivity index (χ1n) is 8.90. The van der Waals surface area contributed by atoms with Gasteiger partial charge in [-0.05, 0) is 36.9 Å². The summed E-state index contributed by atoms with van der Waals surface area (Å²) in [4.78, 5) is 30.5. The van der Waals surface area contributed by atoms with Crippen LogP contribution in [0.15, 0.2) is 24.4 Å². The highest BCUT2D eigenvalue weighted by atomic mass is 16.2. The van der Waals surface area contributed by atoms with Crippen LogP contribution in [-0.4, -0.2) is 35.9 Å². The van der Waals surface area contributed by atoms with Crippen molar-refractivity contribution in [2.45, 2.75) is 19.4 Å². The van der Waals surface area contributed by atoms with Crippen molar-refractivity contribution in [3.05, 3.63) is 24.4 Å². The predicted octanol–water partition coefficient (Wildman–Crippen LogP) is 1.24. The molecule has 2 fully saturated rings. The topological polar surface area (TPSA) is 124 Å². The van der Waals surface area contributed by atoms with Gasteiger partial charge in [0.2, 0.25) is 11.8 Å². The molecule has 0 spiro atoms. The summed E-state index contributed by atoms with van der Waals surface area (Å²) in [6, 6.07) is 7.53. The number of rotatable bonds is 3. The van der Waals surface area contributed by atoms with E-state index in [0.717, 1.165) is 16.5 Å². The summed E-state index contributed by atoms with van der Waals surface area (Å²) in [5, 5.41) is 16.3. The molecule has 138 valence electrons. The highest BCUT2D eigenvalue weighted by molar-refractivity contribution is 6.03. The number of anilines is 3. The number of aromatic nitrogens is 1. The molecular weight excluding hydrogens is 344 g/mol. The lowest BCUT2D eigenvalue weighted by molar-refractivity contribution is -0.119. The van der Waals surface area contributed by atoms with Crippen molar-refractivity contribution in [1.29, 1.82) is 5.26 Å². The molecular formula is C19H20N6O2. The highest BCUT2D eigenvalue weighted by Crippen LogP contribution is 2.38. The van der Waals surface area contributed by atoms with Gasteiger partial charge in [-0.2, -0.15) is 5.26 Å². The molecule has 1 aromatic heterocycles. The second kappa shape index (κ2) is 6.52. The molecule has 2 aliphatic rings. The van der Waals surface area contributed by atoms with Gasteiger partial charge in [-0.15, -0.1) is 0 Å². The van der Waals surface area contributed by atoms with E-state index in [1.807, 2.05) is 13.0 Å². The average molecular weight is 364 g/mol. The standard InChI is InChI=1S/C19H20N6O2/c1-10-7-22-9-18(26)25(10)13-2-11-4-17(23-8-15(11)16(21)5-13)24-19(27)14-3-12(14)6-20/h2,4-5,8,10,12,14,22H,3,7,9,21H2,1H3,(H,23,24,27)/t10-,12-,14+/m0/s1. The van der Waals surface area contributed by atoms with E-state index in [4.69, 9.17) is 11.0 Å². The van der Waals surface area contributed by atoms with Crippen LogP contribution < -0.4 is 21.3 Å². The van der Waals surface area contributed by atoms with Crippen molar-refractivity contribution in [3.8, 4) is 6.07 Å². The Kier molecular flexibility index (Phi) is 4.16. The van der Waals surface area contributed by atoms with E-state index in [0.29, 0.717) is 31.0 Å². The lowest BCUT2D eigenvalue weighted by atomic mass is 10.1. The number of nitrogens with zero attached hydrogens (tertiary/aromatic N) is 3. The molecule has 27 heavy (non-hydrogen) atoms. The molecule has 1 aliphatic heterocycles. The summed E-state index contributed by atoms with van der Waals surface area (Å²) < 4.78 is 0. The number of benzene rings is 1. The fraction of sp³-hybridized carbons (Fsp3) is 0.368. The fourth-order valence-electron chi connectivity index (χ4n) is 3.53. The Morgan fingerprint density at radius 3 is 2.96 bits per heavy atom. The van der Waals surface area contributed by atoms with Crippen LogP contribution in [0.5, 0.6) is 0 Å². The van der Waals surface area contributed by atoms with Crippen LogP contribution >= 0.6 is 0 Å². The van der Waals surface area contributed by atoms with Crippen LogP contribution in [0.1, 0.15) is 13.3 Å². The third-order valence-corrected chi connectivity index (χ3v) is 5.10. The minimum Gasteiger partial charge on any atom is -0.398 e. The molecule has 1 saturated heterocycles. The van der Waals surface area contributed by atoms with Crippen molar-refractivity contribution < 1.29 is 9.59 Å². The van der Waals surface area contributed by atoms with Gasteiger partial charge in [-0.1, -0.05) is 0 Å². The van der Waals surface area contributed by atoms with Gasteiger partial charge in [-0.3, -0.25) is 9.59 Å². The van der Waals surface area contributed by atoms with Gasteiger partial charge in [0, 0.05) is 35.5 Å². The number of carbonyl (C=O) groups excluding carboxylic acids is 2. The zero-order valence-corrected chi connectivity index (χ0v) is 14.9. The van der Waals surface area contributed by atoms with Crippen LogP contribution in [0.2, 0.25) is 0 Å². The van der Waals surface area contributed by atoms with E-state index in [2.05, 4.69) is 21.7 Å². The normalized spacial score (nSPS) is 24.5. The minimum absolute atomic E-state index is 0.00800. The number of hydrogen-bond acceptors (Lipinski definition) is 6. The zero-order chi connectivity index (χ0) is 19.1. The summed E-state index contributed by atoms with van der Waals surface area (Å²) >= 11 is 0. The Balaban J connectivity index is 1.65. The number of piperazine rings is 1. The number of amides is 2. The van der Waals surface area contributed by atoms with E-state index in [1.165, 1.54) is 0 Å². The Bertz CT molecular complexity index is 982. The monoisotopic (exact) mass is 364 g/mol. The largest absolute Gasteiger partial charge is 0.398 e. The molecule has 4 N–H and O–H groups in total. The van der Waals surface area contributed by atoms with Crippen LogP contribution in [0.3, 0.4) is 0 Å². The summed E-state index contributed by atoms with van der Waals surface area (Å²) in [6.07, 6.45) is 2.21. The number of nitriles is 1. The zero-order valence-electron chi connectivity index (χ0n) is 14.9. The highest BCUT2D eigenvalue weighted by Gasteiger charge is 2.43. The molecule has 8 heteroatoms. The van der Waals surface area contributed by atoms with Crippen LogP contribution in [-0.2, 0) is 9.59 Å². The quantitative estimate of drug-likeness (QED) is 0.704. The Hall–Kier alpha value is -3.18. The number of nitrogen functional groups attached to an aromatic ring is 1. The number of nitrogens with two attached hydrogens (primary N) is 1. The molecule has 0 radical (unpaired) electrons. The molecule has 2 heterocycles. The van der Waals surface area contributed by atoms with Gasteiger partial charge >= 0.3 is 0 Å². The number of nitrogens with one attached hydrogen (secondary N) is 2. The number of pyridine rings is 1. The van der Waals surface area contributed by atoms with Crippen molar-refractivity contribution in [1.82, 2.24) is 10.3 Å². The number of fused-ring (bicyclic) bond motifs is 1. The maximum Gasteiger partial charge on any atom is 0.241 e. The van der Waals surface area contributed by atoms with Gasteiger partial charge in [0.25, 0.3) is 0 Å². The van der Waals surface area contributed by atoms with Gasteiger partial charge in [0.1, 0.15) is 5.82 Å². The first-order chi connectivity index (χ1) is 13.0. The average Bonchev–Trinajstić information content (AvgIpc) is 3.41. The fourth-order valence-corrected chi connectivity index (χ4v) is 3.53. The third-order valence-electron chi connectivity index (χ3n) is 5.10. The van der Waals surface area contributed by atoms with E-state index in [9.17, 15) is 9.59 Å². The molecule has 4 rings (SSSR count). The minimum atomic E-state index is -0.261. The summed E-state index contributed by atoms with van der Waals surface area (Å²) in [5.41, 5.74) is 7.44. The molecule has 1 saturated carbocycles. The lowest BCUT2D eigenvalue weighted by Gasteiger charge is -2.34.